The van der Waals surface area contributed by atoms with Crippen LogP contribution in [0.4, 0.5) is 0 Å². The fourth-order valence-electron chi connectivity index (χ4n) is 0.0816. The Labute approximate surface area is 35.6 Å². The van der Waals surface area contributed by atoms with Crippen LogP contribution in [0.1, 0.15) is 0 Å². The Morgan fingerprint density at radius 2 is 2.67 bits per heavy atom. The summed E-state index contributed by atoms with van der Waals surface area (Å²) in [7, 11) is 0. The van der Waals surface area contributed by atoms with Crippen molar-refractivity contribution in [1.29, 1.82) is 5.26 Å². The molecule has 0 aliphatic rings. The number of aliphatic imine (C=N–C) groups is 1. The van der Waals surface area contributed by atoms with Gasteiger partial charge in [0, 0.05) is 6.21 Å². The van der Waals surface area contributed by atoms with Crippen molar-refractivity contribution in [3.8, 4) is 6.19 Å². The molecule has 0 atom stereocenters. The lowest BCUT2D eigenvalue weighted by atomic mass is 10.8. The topological polar surface area (TPSA) is 56.4 Å². The molecule has 0 aromatic carbocycles. The van der Waals surface area contributed by atoms with Gasteiger partial charge in [0.25, 0.3) is 0 Å². The minimum atomic E-state index is -0.159. The SMILES string of the molecule is N#CN=CCO. The molecule has 0 aliphatic carbocycles. The summed E-state index contributed by atoms with van der Waals surface area (Å²) in [5, 5.41) is 15.5. The Balaban J connectivity index is 3.02. The Bertz CT molecular complexity index is 81.3. The van der Waals surface area contributed by atoms with Crippen molar-refractivity contribution in [2.75, 3.05) is 6.61 Å². The van der Waals surface area contributed by atoms with Crippen LogP contribution in [-0.2, 0) is 0 Å². The monoisotopic (exact) mass is 84.0 g/mol. The van der Waals surface area contributed by atoms with E-state index in [1.165, 1.54) is 6.19 Å². The zero-order valence-electron chi connectivity index (χ0n) is 3.13. The van der Waals surface area contributed by atoms with E-state index < -0.39 is 0 Å². The minimum absolute atomic E-state index is 0.159. The lowest BCUT2D eigenvalue weighted by Crippen LogP contribution is -1.77. The molecule has 32 valence electrons. The Kier molecular flexibility index (Phi) is 3.52. The average Bonchev–Trinajstić information content (AvgIpc) is 1.61. The van der Waals surface area contributed by atoms with Crippen LogP contribution in [0.5, 0.6) is 0 Å². The quantitative estimate of drug-likeness (QED) is 0.345. The maximum atomic E-state index is 7.90. The molecule has 0 aliphatic heterocycles. The van der Waals surface area contributed by atoms with E-state index in [2.05, 4.69) is 4.99 Å². The standard InChI is InChI=1S/C3H4N2O/c4-3-5-1-2-6/h1,6H,2H2. The molecule has 0 heterocycles. The molecule has 0 fully saturated rings. The summed E-state index contributed by atoms with van der Waals surface area (Å²) >= 11 is 0. The van der Waals surface area contributed by atoms with Crippen molar-refractivity contribution >= 4 is 6.21 Å². The van der Waals surface area contributed by atoms with Crippen LogP contribution in [0.2, 0.25) is 0 Å². The summed E-state index contributed by atoms with van der Waals surface area (Å²) in [5.74, 6) is 0. The predicted molar refractivity (Wildman–Crippen MR) is 21.2 cm³/mol. The van der Waals surface area contributed by atoms with E-state index >= 15 is 0 Å². The summed E-state index contributed by atoms with van der Waals surface area (Å²) in [4.78, 5) is 3.02. The molecule has 0 rings (SSSR count). The molecular weight excluding hydrogens is 80.0 g/mol. The molecule has 0 unspecified atom stereocenters. The number of rotatable bonds is 1. The molecule has 0 saturated heterocycles. The van der Waals surface area contributed by atoms with Crippen LogP contribution in [0.25, 0.3) is 0 Å². The second kappa shape index (κ2) is 4.12. The van der Waals surface area contributed by atoms with Crippen molar-refractivity contribution in [3.63, 3.8) is 0 Å². The van der Waals surface area contributed by atoms with Crippen LogP contribution in [0, 0.1) is 11.5 Å². The molecule has 0 aromatic heterocycles. The number of hydrogen-bond acceptors (Lipinski definition) is 3. The smallest absolute Gasteiger partial charge is 0.205 e. The summed E-state index contributed by atoms with van der Waals surface area (Å²) in [6, 6.07) is 0. The first kappa shape index (κ1) is 5.12. The maximum Gasteiger partial charge on any atom is 0.205 e. The fraction of sp³-hybridized carbons (Fsp3) is 0.333. The molecule has 0 saturated carbocycles. The van der Waals surface area contributed by atoms with Gasteiger partial charge in [0.05, 0.1) is 6.61 Å². The summed E-state index contributed by atoms with van der Waals surface area (Å²) in [5.41, 5.74) is 0. The second-order valence-corrected chi connectivity index (χ2v) is 0.594. The largest absolute Gasteiger partial charge is 0.391 e. The molecule has 6 heavy (non-hydrogen) atoms. The number of hydrogen-bond donors (Lipinski definition) is 1. The van der Waals surface area contributed by atoms with Gasteiger partial charge in [0.1, 0.15) is 0 Å². The molecule has 3 heteroatoms. The third kappa shape index (κ3) is 3.12. The van der Waals surface area contributed by atoms with Gasteiger partial charge in [-0.3, -0.25) is 0 Å². The highest BCUT2D eigenvalue weighted by Crippen LogP contribution is 1.51. The summed E-state index contributed by atoms with van der Waals surface area (Å²) in [6.45, 7) is -0.159. The van der Waals surface area contributed by atoms with Crippen LogP contribution in [0.15, 0.2) is 4.99 Å². The van der Waals surface area contributed by atoms with Crippen molar-refractivity contribution in [2.24, 2.45) is 4.99 Å². The molecule has 0 amide bonds. The number of nitrogens with zero attached hydrogens (tertiary/aromatic N) is 2. The Morgan fingerprint density at radius 3 is 2.83 bits per heavy atom. The zero-order valence-corrected chi connectivity index (χ0v) is 3.13. The van der Waals surface area contributed by atoms with Crippen molar-refractivity contribution in [1.82, 2.24) is 0 Å². The van der Waals surface area contributed by atoms with Gasteiger partial charge in [-0.1, -0.05) is 0 Å². The Morgan fingerprint density at radius 1 is 2.00 bits per heavy atom. The molecule has 0 bridgehead atoms. The fourth-order valence-corrected chi connectivity index (χ4v) is 0.0816. The first-order chi connectivity index (χ1) is 2.91. The van der Waals surface area contributed by atoms with Gasteiger partial charge in [-0.05, 0) is 0 Å². The lowest BCUT2D eigenvalue weighted by Gasteiger charge is -1.64. The third-order valence-electron chi connectivity index (χ3n) is 0.231. The highest BCUT2D eigenvalue weighted by Gasteiger charge is 1.59. The van der Waals surface area contributed by atoms with Crippen molar-refractivity contribution < 1.29 is 5.11 Å². The van der Waals surface area contributed by atoms with Crippen molar-refractivity contribution in [3.05, 3.63) is 0 Å². The van der Waals surface area contributed by atoms with Crippen LogP contribution in [0.3, 0.4) is 0 Å². The van der Waals surface area contributed by atoms with Gasteiger partial charge in [-0.25, -0.2) is 0 Å². The van der Waals surface area contributed by atoms with Gasteiger partial charge >= 0.3 is 0 Å². The lowest BCUT2D eigenvalue weighted by molar-refractivity contribution is 0.361. The first-order valence-corrected chi connectivity index (χ1v) is 1.43. The Hall–Kier alpha value is -0.880. The maximum absolute atomic E-state index is 7.90. The molecule has 3 nitrogen and oxygen atoms in total. The van der Waals surface area contributed by atoms with Crippen LogP contribution in [-0.4, -0.2) is 17.9 Å². The first-order valence-electron chi connectivity index (χ1n) is 1.43. The summed E-state index contributed by atoms with van der Waals surface area (Å²) < 4.78 is 0. The summed E-state index contributed by atoms with van der Waals surface area (Å²) in [6.07, 6.45) is 2.60. The van der Waals surface area contributed by atoms with E-state index in [4.69, 9.17) is 10.4 Å². The van der Waals surface area contributed by atoms with E-state index in [-0.39, 0.29) is 6.61 Å². The third-order valence-corrected chi connectivity index (χ3v) is 0.231. The van der Waals surface area contributed by atoms with E-state index in [1.807, 2.05) is 0 Å². The van der Waals surface area contributed by atoms with Crippen LogP contribution < -0.4 is 0 Å². The molecule has 1 N–H and O–H groups in total. The second-order valence-electron chi connectivity index (χ2n) is 0.594. The molecule has 0 radical (unpaired) electrons. The van der Waals surface area contributed by atoms with E-state index in [9.17, 15) is 0 Å². The molecular formula is C3H4N2O. The number of aliphatic hydroxyl groups excluding tert-OH is 1. The van der Waals surface area contributed by atoms with E-state index in [0.29, 0.717) is 0 Å². The van der Waals surface area contributed by atoms with Gasteiger partial charge in [0.15, 0.2) is 0 Å². The number of nitriles is 1. The normalized spacial score (nSPS) is 8.67. The van der Waals surface area contributed by atoms with Crippen molar-refractivity contribution in [2.45, 2.75) is 0 Å². The molecule has 0 spiro atoms. The molecule has 0 aromatic rings. The van der Waals surface area contributed by atoms with Gasteiger partial charge in [0.2, 0.25) is 6.19 Å². The van der Waals surface area contributed by atoms with Gasteiger partial charge in [-0.2, -0.15) is 10.3 Å². The zero-order chi connectivity index (χ0) is 4.83. The van der Waals surface area contributed by atoms with E-state index in [0.717, 1.165) is 6.21 Å². The van der Waals surface area contributed by atoms with Gasteiger partial charge < -0.3 is 5.11 Å². The van der Waals surface area contributed by atoms with Crippen LogP contribution >= 0.6 is 0 Å². The van der Waals surface area contributed by atoms with E-state index in [1.54, 1.807) is 0 Å². The predicted octanol–water partition coefficient (Wildman–Crippen LogP) is -0.469. The number of aliphatic hydroxyl groups is 1. The highest BCUT2D eigenvalue weighted by molar-refractivity contribution is 5.59. The minimum Gasteiger partial charge on any atom is -0.391 e. The average molecular weight is 84.1 g/mol. The van der Waals surface area contributed by atoms with Gasteiger partial charge in [-0.15, -0.1) is 0 Å². The highest BCUT2D eigenvalue weighted by atomic mass is 16.2.